The van der Waals surface area contributed by atoms with E-state index in [1.54, 1.807) is 12.1 Å². The number of halogens is 2. The third kappa shape index (κ3) is 5.87. The minimum atomic E-state index is -0.519. The number of nitrogens with zero attached hydrogens (tertiary/aromatic N) is 6. The summed E-state index contributed by atoms with van der Waals surface area (Å²) in [6, 6.07) is 9.79. The van der Waals surface area contributed by atoms with Crippen molar-refractivity contribution in [2.75, 3.05) is 41.9 Å². The Hall–Kier alpha value is -3.90. The molecular weight excluding hydrogens is 455 g/mol. The molecule has 1 aliphatic heterocycles. The molecule has 1 aromatic heterocycles. The second-order valence-electron chi connectivity index (χ2n) is 6.85. The predicted molar refractivity (Wildman–Crippen MR) is 122 cm³/mol. The van der Waals surface area contributed by atoms with Crippen LogP contribution in [0.15, 0.2) is 47.6 Å². The maximum absolute atomic E-state index is 13.2. The Bertz CT molecular complexity index is 1170. The Balaban J connectivity index is 1.58. The zero-order valence-corrected chi connectivity index (χ0v) is 17.9. The largest absolute Gasteiger partial charge is 0.378 e. The van der Waals surface area contributed by atoms with Gasteiger partial charge in [-0.2, -0.15) is 20.1 Å². The summed E-state index contributed by atoms with van der Waals surface area (Å²) in [4.78, 5) is 25.5. The lowest BCUT2D eigenvalue weighted by Gasteiger charge is -2.27. The normalized spacial score (nSPS) is 13.8. The van der Waals surface area contributed by atoms with Crippen LogP contribution in [0.2, 0.25) is 5.02 Å². The van der Waals surface area contributed by atoms with Gasteiger partial charge in [0, 0.05) is 41.5 Å². The highest BCUT2D eigenvalue weighted by molar-refractivity contribution is 6.33. The van der Waals surface area contributed by atoms with E-state index in [4.69, 9.17) is 16.3 Å². The Morgan fingerprint density at radius 3 is 2.58 bits per heavy atom. The van der Waals surface area contributed by atoms with Gasteiger partial charge in [-0.05, 0) is 30.3 Å². The molecule has 2 heterocycles. The molecule has 1 fully saturated rings. The molecule has 0 aliphatic carbocycles. The Morgan fingerprint density at radius 1 is 1.12 bits per heavy atom. The summed E-state index contributed by atoms with van der Waals surface area (Å²) in [5, 5.41) is 18.4. The predicted octanol–water partition coefficient (Wildman–Crippen LogP) is 3.60. The van der Waals surface area contributed by atoms with E-state index in [0.29, 0.717) is 48.5 Å². The summed E-state index contributed by atoms with van der Waals surface area (Å²) in [5.41, 5.74) is 3.54. The Labute approximate surface area is 192 Å². The van der Waals surface area contributed by atoms with Crippen molar-refractivity contribution in [1.82, 2.24) is 15.0 Å². The maximum Gasteiger partial charge on any atom is 0.270 e. The quantitative estimate of drug-likeness (QED) is 0.301. The van der Waals surface area contributed by atoms with Crippen molar-refractivity contribution in [2.24, 2.45) is 5.10 Å². The van der Waals surface area contributed by atoms with Crippen LogP contribution in [0.4, 0.5) is 33.6 Å². The fourth-order valence-electron chi connectivity index (χ4n) is 2.94. The third-order valence-corrected chi connectivity index (χ3v) is 4.92. The van der Waals surface area contributed by atoms with Gasteiger partial charge in [-0.3, -0.25) is 10.1 Å². The number of hydrazone groups is 1. The number of benzene rings is 2. The van der Waals surface area contributed by atoms with Crippen LogP contribution in [0.3, 0.4) is 0 Å². The van der Waals surface area contributed by atoms with Crippen LogP contribution in [0.25, 0.3) is 0 Å². The lowest BCUT2D eigenvalue weighted by molar-refractivity contribution is -0.384. The highest BCUT2D eigenvalue weighted by Crippen LogP contribution is 2.21. The van der Waals surface area contributed by atoms with E-state index >= 15 is 0 Å². The average Bonchev–Trinajstić information content (AvgIpc) is 2.82. The zero-order chi connectivity index (χ0) is 23.2. The topological polar surface area (TPSA) is 131 Å². The molecule has 11 nitrogen and oxygen atoms in total. The van der Waals surface area contributed by atoms with Gasteiger partial charge >= 0.3 is 0 Å². The smallest absolute Gasteiger partial charge is 0.270 e. The molecule has 0 atom stereocenters. The molecule has 33 heavy (non-hydrogen) atoms. The van der Waals surface area contributed by atoms with E-state index < -0.39 is 4.92 Å². The van der Waals surface area contributed by atoms with Crippen LogP contribution < -0.4 is 15.6 Å². The number of ether oxygens (including phenoxy) is 1. The summed E-state index contributed by atoms with van der Waals surface area (Å²) in [6.07, 6.45) is 1.33. The number of aromatic nitrogens is 3. The molecule has 0 saturated carbocycles. The fourth-order valence-corrected chi connectivity index (χ4v) is 3.11. The van der Waals surface area contributed by atoms with Gasteiger partial charge in [0.25, 0.3) is 5.69 Å². The molecule has 0 radical (unpaired) electrons. The average molecular weight is 473 g/mol. The highest BCUT2D eigenvalue weighted by Gasteiger charge is 2.17. The van der Waals surface area contributed by atoms with Crippen molar-refractivity contribution in [3.05, 3.63) is 69.0 Å². The minimum Gasteiger partial charge on any atom is -0.378 e. The van der Waals surface area contributed by atoms with Crippen LogP contribution in [0.1, 0.15) is 5.56 Å². The molecule has 1 aliphatic rings. The molecule has 0 spiro atoms. The lowest BCUT2D eigenvalue weighted by atomic mass is 10.2. The molecule has 13 heteroatoms. The first-order valence-electron chi connectivity index (χ1n) is 9.82. The Kier molecular flexibility index (Phi) is 6.86. The molecule has 3 aromatic rings. The number of hydrogen-bond acceptors (Lipinski definition) is 10. The van der Waals surface area contributed by atoms with Crippen LogP contribution in [-0.2, 0) is 4.74 Å². The third-order valence-electron chi connectivity index (χ3n) is 4.58. The number of hydrogen-bond donors (Lipinski definition) is 2. The fraction of sp³-hybridized carbons (Fsp3) is 0.200. The van der Waals surface area contributed by atoms with E-state index in [1.807, 2.05) is 4.90 Å². The molecule has 170 valence electrons. The van der Waals surface area contributed by atoms with Crippen molar-refractivity contribution >= 4 is 47.0 Å². The van der Waals surface area contributed by atoms with Gasteiger partial charge in [0.15, 0.2) is 0 Å². The second-order valence-corrected chi connectivity index (χ2v) is 7.25. The first-order valence-corrected chi connectivity index (χ1v) is 10.2. The number of rotatable bonds is 7. The summed E-state index contributed by atoms with van der Waals surface area (Å²) in [6.45, 7) is 2.29. The first-order chi connectivity index (χ1) is 16.0. The molecule has 0 bridgehead atoms. The van der Waals surface area contributed by atoms with Gasteiger partial charge in [0.2, 0.25) is 17.8 Å². The summed E-state index contributed by atoms with van der Waals surface area (Å²) < 4.78 is 18.6. The number of nitrogens with one attached hydrogen (secondary N) is 2. The van der Waals surface area contributed by atoms with Crippen molar-refractivity contribution < 1.29 is 14.1 Å². The second kappa shape index (κ2) is 10.1. The molecule has 4 rings (SSSR count). The standard InChI is InChI=1S/C20H18ClFN8O3/c21-17-6-5-16(30(31)32)11-13(17)12-23-28-19-25-18(24-15-3-1-14(22)2-4-15)26-20(27-19)29-7-9-33-10-8-29/h1-6,11-12H,7-10H2,(H2,24,25,26,27,28)/b23-12-. The molecule has 1 saturated heterocycles. The van der Waals surface area contributed by atoms with Crippen molar-refractivity contribution in [2.45, 2.75) is 0 Å². The van der Waals surface area contributed by atoms with E-state index in [1.165, 1.54) is 36.5 Å². The number of nitro groups is 1. The van der Waals surface area contributed by atoms with E-state index in [0.717, 1.165) is 0 Å². The number of non-ortho nitro benzene ring substituents is 1. The maximum atomic E-state index is 13.2. The Morgan fingerprint density at radius 2 is 1.85 bits per heavy atom. The van der Waals surface area contributed by atoms with Crippen molar-refractivity contribution in [3.8, 4) is 0 Å². The van der Waals surface area contributed by atoms with Gasteiger partial charge < -0.3 is 15.0 Å². The molecule has 0 amide bonds. The van der Waals surface area contributed by atoms with Crippen LogP contribution in [0, 0.1) is 15.9 Å². The van der Waals surface area contributed by atoms with Crippen LogP contribution in [-0.4, -0.2) is 52.4 Å². The van der Waals surface area contributed by atoms with Gasteiger partial charge in [-0.25, -0.2) is 9.82 Å². The van der Waals surface area contributed by atoms with Gasteiger partial charge in [0.1, 0.15) is 5.82 Å². The zero-order valence-electron chi connectivity index (χ0n) is 17.1. The summed E-state index contributed by atoms with van der Waals surface area (Å²) in [5.74, 6) is 0.406. The first kappa shape index (κ1) is 22.3. The number of morpholine rings is 1. The highest BCUT2D eigenvalue weighted by atomic mass is 35.5. The van der Waals surface area contributed by atoms with E-state index in [9.17, 15) is 14.5 Å². The molecular formula is C20H18ClFN8O3. The molecule has 2 N–H and O–H groups in total. The van der Waals surface area contributed by atoms with Crippen LogP contribution >= 0.6 is 11.6 Å². The van der Waals surface area contributed by atoms with Gasteiger partial charge in [0.05, 0.1) is 24.4 Å². The lowest BCUT2D eigenvalue weighted by Crippen LogP contribution is -2.37. The van der Waals surface area contributed by atoms with Crippen molar-refractivity contribution in [1.29, 1.82) is 0 Å². The van der Waals surface area contributed by atoms with Gasteiger partial charge in [-0.15, -0.1) is 0 Å². The van der Waals surface area contributed by atoms with E-state index in [2.05, 4.69) is 30.8 Å². The van der Waals surface area contributed by atoms with Crippen LogP contribution in [0.5, 0.6) is 0 Å². The minimum absolute atomic E-state index is 0.110. The van der Waals surface area contributed by atoms with E-state index in [-0.39, 0.29) is 23.4 Å². The SMILES string of the molecule is O=[N+]([O-])c1ccc(Cl)c(/C=N\Nc2nc(Nc3ccc(F)cc3)nc(N3CCOCC3)n2)c1. The molecule has 0 unspecified atom stereocenters. The molecule has 2 aromatic carbocycles. The monoisotopic (exact) mass is 472 g/mol. The summed E-state index contributed by atoms with van der Waals surface area (Å²) in [7, 11) is 0. The number of nitro benzene ring substituents is 1. The van der Waals surface area contributed by atoms with Crippen molar-refractivity contribution in [3.63, 3.8) is 0 Å². The summed E-state index contributed by atoms with van der Waals surface area (Å²) >= 11 is 6.10. The van der Waals surface area contributed by atoms with Gasteiger partial charge in [-0.1, -0.05) is 11.6 Å². The number of anilines is 4.